The molecule has 0 saturated carbocycles. The summed E-state index contributed by atoms with van der Waals surface area (Å²) >= 11 is 5.60. The standard InChI is InChI=1S/C13H18ClF3N2/c1-12(2,18-14)7-8-19(3)11-6-4-5-10(9-11)13(15,16)17/h4-6,9,18H,7-8H2,1-3H3/p+1. The summed E-state index contributed by atoms with van der Waals surface area (Å²) in [5.74, 6) is 0. The molecule has 2 nitrogen and oxygen atoms in total. The SMILES string of the molecule is C[NH+](CCC(C)(C)NCl)c1cccc(C(F)(F)F)c1. The minimum atomic E-state index is -4.30. The molecule has 0 heterocycles. The average Bonchev–Trinajstić information content (AvgIpc) is 2.35. The molecule has 2 N–H and O–H groups in total. The molecule has 1 aromatic carbocycles. The Bertz CT molecular complexity index is 419. The molecule has 0 spiro atoms. The molecule has 1 aromatic rings. The van der Waals surface area contributed by atoms with Crippen LogP contribution in [0.1, 0.15) is 25.8 Å². The zero-order valence-corrected chi connectivity index (χ0v) is 12.0. The van der Waals surface area contributed by atoms with Gasteiger partial charge in [-0.2, -0.15) is 13.2 Å². The summed E-state index contributed by atoms with van der Waals surface area (Å²) in [4.78, 5) is 3.58. The highest BCUT2D eigenvalue weighted by Gasteiger charge is 2.31. The normalized spacial score (nSPS) is 14.5. The zero-order valence-electron chi connectivity index (χ0n) is 11.2. The molecule has 19 heavy (non-hydrogen) atoms. The first kappa shape index (κ1) is 16.3. The van der Waals surface area contributed by atoms with Crippen LogP contribution in [0, 0.1) is 0 Å². The summed E-state index contributed by atoms with van der Waals surface area (Å²) in [6, 6.07) is 5.41. The maximum Gasteiger partial charge on any atom is 0.416 e. The smallest absolute Gasteiger partial charge is 0.305 e. The van der Waals surface area contributed by atoms with Crippen molar-refractivity contribution in [2.75, 3.05) is 13.6 Å². The van der Waals surface area contributed by atoms with Crippen molar-refractivity contribution in [1.29, 1.82) is 0 Å². The van der Waals surface area contributed by atoms with Gasteiger partial charge in [-0.3, -0.25) is 0 Å². The number of hydrogen-bond donors (Lipinski definition) is 2. The van der Waals surface area contributed by atoms with E-state index in [-0.39, 0.29) is 5.54 Å². The van der Waals surface area contributed by atoms with Crippen LogP contribution in [-0.2, 0) is 6.18 Å². The Balaban J connectivity index is 2.75. The van der Waals surface area contributed by atoms with E-state index in [1.165, 1.54) is 12.1 Å². The molecule has 0 saturated heterocycles. The fourth-order valence-corrected chi connectivity index (χ4v) is 1.75. The van der Waals surface area contributed by atoms with Gasteiger partial charge in [0.15, 0.2) is 0 Å². The second kappa shape index (κ2) is 6.11. The Morgan fingerprint density at radius 3 is 2.42 bits per heavy atom. The van der Waals surface area contributed by atoms with Crippen molar-refractivity contribution >= 4 is 17.5 Å². The Hall–Kier alpha value is -0.780. The first-order valence-corrected chi connectivity index (χ1v) is 6.41. The van der Waals surface area contributed by atoms with Crippen molar-refractivity contribution in [2.24, 2.45) is 0 Å². The van der Waals surface area contributed by atoms with Crippen molar-refractivity contribution in [3.8, 4) is 0 Å². The van der Waals surface area contributed by atoms with E-state index < -0.39 is 11.7 Å². The van der Waals surface area contributed by atoms with Crippen LogP contribution in [0.15, 0.2) is 24.3 Å². The average molecular weight is 296 g/mol. The molecule has 1 rings (SSSR count). The maximum absolute atomic E-state index is 12.6. The number of halogens is 4. The van der Waals surface area contributed by atoms with E-state index in [0.29, 0.717) is 12.2 Å². The first-order valence-electron chi connectivity index (χ1n) is 6.03. The lowest BCUT2D eigenvalue weighted by Gasteiger charge is -2.24. The minimum Gasteiger partial charge on any atom is -0.305 e. The fourth-order valence-electron chi connectivity index (χ4n) is 1.65. The van der Waals surface area contributed by atoms with Crippen molar-refractivity contribution < 1.29 is 18.1 Å². The molecule has 108 valence electrons. The van der Waals surface area contributed by atoms with Gasteiger partial charge in [0, 0.05) is 18.0 Å². The summed E-state index contributed by atoms with van der Waals surface area (Å²) < 4.78 is 37.9. The van der Waals surface area contributed by atoms with Crippen LogP contribution in [-0.4, -0.2) is 19.1 Å². The monoisotopic (exact) mass is 295 g/mol. The predicted octanol–water partition coefficient (Wildman–Crippen LogP) is 2.76. The summed E-state index contributed by atoms with van der Waals surface area (Å²) in [7, 11) is 1.85. The van der Waals surface area contributed by atoms with Gasteiger partial charge in [-0.25, -0.2) is 4.84 Å². The van der Waals surface area contributed by atoms with Gasteiger partial charge in [-0.1, -0.05) is 6.07 Å². The molecule has 6 heteroatoms. The molecule has 0 amide bonds. The second-order valence-corrected chi connectivity index (χ2v) is 5.53. The van der Waals surface area contributed by atoms with Gasteiger partial charge in [-0.05, 0) is 37.8 Å². The van der Waals surface area contributed by atoms with Crippen LogP contribution in [0.2, 0.25) is 0 Å². The molecule has 0 fully saturated rings. The lowest BCUT2D eigenvalue weighted by molar-refractivity contribution is -0.811. The van der Waals surface area contributed by atoms with Gasteiger partial charge < -0.3 is 4.90 Å². The third-order valence-electron chi connectivity index (χ3n) is 3.06. The van der Waals surface area contributed by atoms with Gasteiger partial charge in [0.1, 0.15) is 5.69 Å². The summed E-state index contributed by atoms with van der Waals surface area (Å²) in [6.07, 6.45) is -3.55. The summed E-state index contributed by atoms with van der Waals surface area (Å²) in [5.41, 5.74) is -0.232. The quantitative estimate of drug-likeness (QED) is 0.799. The molecule has 1 atom stereocenters. The van der Waals surface area contributed by atoms with Gasteiger partial charge in [-0.15, -0.1) is 0 Å². The molecule has 0 aliphatic heterocycles. The first-order chi connectivity index (χ1) is 8.65. The van der Waals surface area contributed by atoms with Gasteiger partial charge in [0.25, 0.3) is 0 Å². The van der Waals surface area contributed by atoms with Crippen LogP contribution in [0.3, 0.4) is 0 Å². The van der Waals surface area contributed by atoms with Crippen molar-refractivity contribution in [2.45, 2.75) is 32.0 Å². The zero-order chi connectivity index (χ0) is 14.7. The van der Waals surface area contributed by atoms with Crippen LogP contribution in [0.25, 0.3) is 0 Å². The number of rotatable bonds is 5. The largest absolute Gasteiger partial charge is 0.416 e. The maximum atomic E-state index is 12.6. The Kier molecular flexibility index (Phi) is 5.24. The van der Waals surface area contributed by atoms with Gasteiger partial charge >= 0.3 is 6.18 Å². The van der Waals surface area contributed by atoms with Crippen molar-refractivity contribution in [3.63, 3.8) is 0 Å². The highest BCUT2D eigenvalue weighted by atomic mass is 35.5. The highest BCUT2D eigenvalue weighted by Crippen LogP contribution is 2.29. The molecule has 0 aromatic heterocycles. The van der Waals surface area contributed by atoms with E-state index >= 15 is 0 Å². The second-order valence-electron chi connectivity index (χ2n) is 5.34. The molecular formula is C13H19ClF3N2+. The van der Waals surface area contributed by atoms with E-state index in [4.69, 9.17) is 11.8 Å². The van der Waals surface area contributed by atoms with E-state index in [1.54, 1.807) is 6.07 Å². The lowest BCUT2D eigenvalue weighted by atomic mass is 10.0. The summed E-state index contributed by atoms with van der Waals surface area (Å²) in [6.45, 7) is 4.58. The van der Waals surface area contributed by atoms with E-state index in [2.05, 4.69) is 4.84 Å². The molecule has 0 aliphatic carbocycles. The number of nitrogens with one attached hydrogen (secondary N) is 2. The number of hydrogen-bond acceptors (Lipinski definition) is 1. The van der Waals surface area contributed by atoms with Gasteiger partial charge in [0.2, 0.25) is 0 Å². The number of benzene rings is 1. The molecule has 0 radical (unpaired) electrons. The highest BCUT2D eigenvalue weighted by molar-refractivity contribution is 6.13. The van der Waals surface area contributed by atoms with E-state index in [1.807, 2.05) is 20.9 Å². The lowest BCUT2D eigenvalue weighted by Crippen LogP contribution is -3.04. The Morgan fingerprint density at radius 1 is 1.26 bits per heavy atom. The molecule has 0 bridgehead atoms. The Labute approximate surface area is 116 Å². The molecule has 1 unspecified atom stereocenters. The minimum absolute atomic E-state index is 0.246. The third kappa shape index (κ3) is 5.01. The van der Waals surface area contributed by atoms with Crippen LogP contribution in [0.4, 0.5) is 18.9 Å². The topological polar surface area (TPSA) is 16.5 Å². The van der Waals surface area contributed by atoms with Crippen molar-refractivity contribution in [3.05, 3.63) is 29.8 Å². The number of alkyl halides is 3. The van der Waals surface area contributed by atoms with Crippen LogP contribution >= 0.6 is 11.8 Å². The van der Waals surface area contributed by atoms with Crippen LogP contribution < -0.4 is 9.74 Å². The number of quaternary nitrogens is 1. The van der Waals surface area contributed by atoms with E-state index in [9.17, 15) is 13.2 Å². The Morgan fingerprint density at radius 2 is 1.89 bits per heavy atom. The molecule has 0 aliphatic rings. The van der Waals surface area contributed by atoms with Gasteiger partial charge in [0.05, 0.1) is 19.2 Å². The fraction of sp³-hybridized carbons (Fsp3) is 0.538. The van der Waals surface area contributed by atoms with E-state index in [0.717, 1.165) is 17.4 Å². The third-order valence-corrected chi connectivity index (χ3v) is 3.58. The predicted molar refractivity (Wildman–Crippen MR) is 70.5 cm³/mol. The molecular weight excluding hydrogens is 277 g/mol. The van der Waals surface area contributed by atoms with Crippen molar-refractivity contribution in [1.82, 2.24) is 4.84 Å². The van der Waals surface area contributed by atoms with Crippen LogP contribution in [0.5, 0.6) is 0 Å². The summed E-state index contributed by atoms with van der Waals surface area (Å²) in [5, 5.41) is 0.